The van der Waals surface area contributed by atoms with Gasteiger partial charge in [-0.25, -0.2) is 0 Å². The lowest BCUT2D eigenvalue weighted by Gasteiger charge is -1.97. The Hall–Kier alpha value is -1.06. The fourth-order valence-electron chi connectivity index (χ4n) is 1.34. The molecule has 13 heavy (non-hydrogen) atoms. The Balaban J connectivity index is 2.79. The molecule has 0 saturated heterocycles. The van der Waals surface area contributed by atoms with Gasteiger partial charge in [0.25, 0.3) is 0 Å². The molecule has 68 valence electrons. The molecule has 0 bridgehead atoms. The SMILES string of the molecule is Cc1noc2cc(CN)cc(Cl)c12. The third-order valence-corrected chi connectivity index (χ3v) is 2.29. The second-order valence-electron chi connectivity index (χ2n) is 2.92. The first-order valence-electron chi connectivity index (χ1n) is 3.97. The lowest BCUT2D eigenvalue weighted by Crippen LogP contribution is -1.95. The predicted octanol–water partition coefficient (Wildman–Crippen LogP) is 2.25. The molecule has 1 aromatic carbocycles. The Kier molecular flexibility index (Phi) is 1.98. The van der Waals surface area contributed by atoms with Crippen LogP contribution in [0.1, 0.15) is 11.3 Å². The molecule has 0 aliphatic heterocycles. The maximum Gasteiger partial charge on any atom is 0.168 e. The normalized spacial score (nSPS) is 11.0. The van der Waals surface area contributed by atoms with Gasteiger partial charge in [-0.05, 0) is 24.6 Å². The van der Waals surface area contributed by atoms with Crippen molar-refractivity contribution in [2.24, 2.45) is 5.73 Å². The van der Waals surface area contributed by atoms with Gasteiger partial charge in [0.1, 0.15) is 0 Å². The Labute approximate surface area is 80.5 Å². The van der Waals surface area contributed by atoms with Crippen LogP contribution < -0.4 is 5.73 Å². The maximum absolute atomic E-state index is 6.03. The summed E-state index contributed by atoms with van der Waals surface area (Å²) in [6.07, 6.45) is 0. The summed E-state index contributed by atoms with van der Waals surface area (Å²) in [5, 5.41) is 5.36. The van der Waals surface area contributed by atoms with Crippen LogP contribution in [0.15, 0.2) is 16.7 Å². The van der Waals surface area contributed by atoms with Crippen molar-refractivity contribution in [3.05, 3.63) is 28.4 Å². The van der Waals surface area contributed by atoms with Gasteiger partial charge >= 0.3 is 0 Å². The molecule has 1 heterocycles. The van der Waals surface area contributed by atoms with E-state index in [1.807, 2.05) is 19.1 Å². The molecule has 0 atom stereocenters. The number of fused-ring (bicyclic) bond motifs is 1. The average Bonchev–Trinajstić information content (AvgIpc) is 2.48. The van der Waals surface area contributed by atoms with Gasteiger partial charge in [0, 0.05) is 6.54 Å². The highest BCUT2D eigenvalue weighted by atomic mass is 35.5. The molecule has 3 nitrogen and oxygen atoms in total. The summed E-state index contributed by atoms with van der Waals surface area (Å²) < 4.78 is 5.08. The van der Waals surface area contributed by atoms with Crippen LogP contribution in [0, 0.1) is 6.92 Å². The van der Waals surface area contributed by atoms with Gasteiger partial charge in [-0.1, -0.05) is 16.8 Å². The Bertz CT molecular complexity index is 450. The summed E-state index contributed by atoms with van der Waals surface area (Å²) in [6.45, 7) is 2.31. The van der Waals surface area contributed by atoms with E-state index in [1.54, 1.807) is 0 Å². The minimum Gasteiger partial charge on any atom is -0.356 e. The monoisotopic (exact) mass is 196 g/mol. The maximum atomic E-state index is 6.03. The topological polar surface area (TPSA) is 52.0 Å². The zero-order valence-electron chi connectivity index (χ0n) is 7.17. The molecule has 2 rings (SSSR count). The van der Waals surface area contributed by atoms with Crippen LogP contribution in [-0.4, -0.2) is 5.16 Å². The second kappa shape index (κ2) is 3.01. The first-order valence-corrected chi connectivity index (χ1v) is 4.34. The summed E-state index contributed by atoms with van der Waals surface area (Å²) in [6, 6.07) is 3.70. The minimum absolute atomic E-state index is 0.454. The molecular formula is C9H9ClN2O. The summed E-state index contributed by atoms with van der Waals surface area (Å²) in [7, 11) is 0. The Morgan fingerprint density at radius 3 is 3.00 bits per heavy atom. The van der Waals surface area contributed by atoms with E-state index >= 15 is 0 Å². The number of nitrogens with zero attached hydrogens (tertiary/aromatic N) is 1. The van der Waals surface area contributed by atoms with E-state index in [2.05, 4.69) is 5.16 Å². The lowest BCUT2D eigenvalue weighted by atomic mass is 10.1. The summed E-state index contributed by atoms with van der Waals surface area (Å²) in [4.78, 5) is 0. The van der Waals surface area contributed by atoms with Gasteiger partial charge in [-0.3, -0.25) is 0 Å². The smallest absolute Gasteiger partial charge is 0.168 e. The number of hydrogen-bond donors (Lipinski definition) is 1. The third kappa shape index (κ3) is 1.30. The highest BCUT2D eigenvalue weighted by Gasteiger charge is 2.09. The fourth-order valence-corrected chi connectivity index (χ4v) is 1.71. The number of halogens is 1. The first-order chi connectivity index (χ1) is 6.22. The van der Waals surface area contributed by atoms with Gasteiger partial charge in [0.2, 0.25) is 0 Å². The van der Waals surface area contributed by atoms with Crippen LogP contribution in [0.4, 0.5) is 0 Å². The van der Waals surface area contributed by atoms with E-state index in [-0.39, 0.29) is 0 Å². The predicted molar refractivity (Wildman–Crippen MR) is 51.6 cm³/mol. The number of hydrogen-bond acceptors (Lipinski definition) is 3. The Morgan fingerprint density at radius 1 is 1.54 bits per heavy atom. The number of benzene rings is 1. The van der Waals surface area contributed by atoms with E-state index in [1.165, 1.54) is 0 Å². The van der Waals surface area contributed by atoms with Crippen LogP contribution >= 0.6 is 11.6 Å². The summed E-state index contributed by atoms with van der Waals surface area (Å²) >= 11 is 6.03. The van der Waals surface area contributed by atoms with Gasteiger partial charge in [0.05, 0.1) is 16.1 Å². The van der Waals surface area contributed by atoms with Gasteiger partial charge in [0.15, 0.2) is 5.58 Å². The van der Waals surface area contributed by atoms with Crippen LogP contribution in [0.2, 0.25) is 5.02 Å². The molecule has 0 fully saturated rings. The molecule has 0 aliphatic rings. The number of aryl methyl sites for hydroxylation is 1. The van der Waals surface area contributed by atoms with Crippen LogP contribution in [-0.2, 0) is 6.54 Å². The van der Waals surface area contributed by atoms with Gasteiger partial charge < -0.3 is 10.3 Å². The number of nitrogens with two attached hydrogens (primary N) is 1. The largest absolute Gasteiger partial charge is 0.356 e. The van der Waals surface area contributed by atoms with Crippen LogP contribution in [0.25, 0.3) is 11.0 Å². The lowest BCUT2D eigenvalue weighted by molar-refractivity contribution is 0.450. The molecule has 0 amide bonds. The average molecular weight is 197 g/mol. The molecule has 2 aromatic rings. The van der Waals surface area contributed by atoms with E-state index in [4.69, 9.17) is 21.9 Å². The fraction of sp³-hybridized carbons (Fsp3) is 0.222. The molecule has 2 N–H and O–H groups in total. The van der Waals surface area contributed by atoms with Crippen molar-refractivity contribution < 1.29 is 4.52 Å². The molecule has 1 aromatic heterocycles. The van der Waals surface area contributed by atoms with E-state index in [9.17, 15) is 0 Å². The Morgan fingerprint density at radius 2 is 2.31 bits per heavy atom. The van der Waals surface area contributed by atoms with Crippen molar-refractivity contribution in [2.45, 2.75) is 13.5 Å². The van der Waals surface area contributed by atoms with E-state index in [0.29, 0.717) is 17.2 Å². The summed E-state index contributed by atoms with van der Waals surface area (Å²) in [5.41, 5.74) is 7.96. The molecule has 0 unspecified atom stereocenters. The van der Waals surface area contributed by atoms with Crippen molar-refractivity contribution in [1.29, 1.82) is 0 Å². The van der Waals surface area contributed by atoms with Crippen molar-refractivity contribution in [1.82, 2.24) is 5.16 Å². The second-order valence-corrected chi connectivity index (χ2v) is 3.33. The van der Waals surface area contributed by atoms with Gasteiger partial charge in [-0.2, -0.15) is 0 Å². The molecule has 0 spiro atoms. The van der Waals surface area contributed by atoms with E-state index < -0.39 is 0 Å². The van der Waals surface area contributed by atoms with Crippen molar-refractivity contribution in [3.63, 3.8) is 0 Å². The standard InChI is InChI=1S/C9H9ClN2O/c1-5-9-7(10)2-6(4-11)3-8(9)13-12-5/h2-3H,4,11H2,1H3. The quantitative estimate of drug-likeness (QED) is 0.761. The molecule has 0 saturated carbocycles. The molecule has 0 radical (unpaired) electrons. The van der Waals surface area contributed by atoms with Crippen molar-refractivity contribution >= 4 is 22.6 Å². The molecular weight excluding hydrogens is 188 g/mol. The molecule has 4 heteroatoms. The third-order valence-electron chi connectivity index (χ3n) is 1.99. The number of rotatable bonds is 1. The van der Waals surface area contributed by atoms with E-state index in [0.717, 1.165) is 16.6 Å². The highest BCUT2D eigenvalue weighted by molar-refractivity contribution is 6.35. The van der Waals surface area contributed by atoms with Crippen molar-refractivity contribution in [2.75, 3.05) is 0 Å². The van der Waals surface area contributed by atoms with Crippen LogP contribution in [0.3, 0.4) is 0 Å². The van der Waals surface area contributed by atoms with Crippen LogP contribution in [0.5, 0.6) is 0 Å². The first kappa shape index (κ1) is 8.53. The molecule has 0 aliphatic carbocycles. The summed E-state index contributed by atoms with van der Waals surface area (Å²) in [5.74, 6) is 0. The minimum atomic E-state index is 0.454. The number of aromatic nitrogens is 1. The highest BCUT2D eigenvalue weighted by Crippen LogP contribution is 2.27. The van der Waals surface area contributed by atoms with Crippen molar-refractivity contribution in [3.8, 4) is 0 Å². The van der Waals surface area contributed by atoms with Gasteiger partial charge in [-0.15, -0.1) is 0 Å². The zero-order valence-corrected chi connectivity index (χ0v) is 7.93. The zero-order chi connectivity index (χ0) is 9.42.